The lowest BCUT2D eigenvalue weighted by Gasteiger charge is -2.26. The molecular weight excluding hydrogens is 628 g/mol. The van der Waals surface area contributed by atoms with Gasteiger partial charge in [-0.2, -0.15) is 0 Å². The summed E-state index contributed by atoms with van der Waals surface area (Å²) in [7, 11) is 0. The highest BCUT2D eigenvalue weighted by Gasteiger charge is 2.30. The van der Waals surface area contributed by atoms with Crippen LogP contribution in [-0.4, -0.2) is 60.5 Å². The fraction of sp³-hybridized carbons (Fsp3) is 0.158. The highest BCUT2D eigenvalue weighted by molar-refractivity contribution is 6.11. The Morgan fingerprint density at radius 2 is 1.40 bits per heavy atom. The van der Waals surface area contributed by atoms with Crippen molar-refractivity contribution < 1.29 is 9.90 Å². The third-order valence-electron chi connectivity index (χ3n) is 9.26. The van der Waals surface area contributed by atoms with Crippen LogP contribution in [0.25, 0.3) is 78.7 Å². The summed E-state index contributed by atoms with van der Waals surface area (Å²) in [6, 6.07) is 21.3. The summed E-state index contributed by atoms with van der Waals surface area (Å²) < 4.78 is 2.22. The maximum atomic E-state index is 13.3. The number of hydrogen-bond donors (Lipinski definition) is 1. The number of aromatic nitrogens is 10. The summed E-state index contributed by atoms with van der Waals surface area (Å²) in [5.74, 6) is 0.0571. The van der Waals surface area contributed by atoms with E-state index in [2.05, 4.69) is 29.5 Å². The Labute approximate surface area is 285 Å². The van der Waals surface area contributed by atoms with Gasteiger partial charge in [0.05, 0.1) is 47.1 Å². The third-order valence-corrected chi connectivity index (χ3v) is 9.26. The van der Waals surface area contributed by atoms with Crippen LogP contribution in [0.4, 0.5) is 0 Å². The molecule has 242 valence electrons. The second-order valence-corrected chi connectivity index (χ2v) is 12.3. The zero-order chi connectivity index (χ0) is 33.6. The molecule has 8 aromatic rings. The fourth-order valence-electron chi connectivity index (χ4n) is 6.99. The molecule has 5 aromatic heterocycles. The van der Waals surface area contributed by atoms with E-state index in [1.54, 1.807) is 24.8 Å². The van der Waals surface area contributed by atoms with E-state index in [1.807, 2.05) is 66.7 Å². The smallest absolute Gasteiger partial charge is 0.337 e. The summed E-state index contributed by atoms with van der Waals surface area (Å²) in [5.41, 5.74) is 6.69. The lowest BCUT2D eigenvalue weighted by Crippen LogP contribution is -2.14. The lowest BCUT2D eigenvalue weighted by molar-refractivity contribution is 0.0698. The number of carbonyl (C=O) groups is 1. The number of imidazole rings is 1. The summed E-state index contributed by atoms with van der Waals surface area (Å²) in [6.45, 7) is 0. The maximum absolute atomic E-state index is 13.3. The number of nitrogens with zero attached hydrogens (tertiary/aromatic N) is 10. The first-order valence-electron chi connectivity index (χ1n) is 16.5. The van der Waals surface area contributed by atoms with E-state index in [0.717, 1.165) is 48.7 Å². The van der Waals surface area contributed by atoms with Crippen molar-refractivity contribution in [1.82, 2.24) is 49.4 Å². The van der Waals surface area contributed by atoms with Crippen LogP contribution in [0.1, 0.15) is 48.5 Å². The second kappa shape index (κ2) is 12.2. The molecule has 12 heteroatoms. The van der Waals surface area contributed by atoms with E-state index in [1.165, 1.54) is 6.33 Å². The summed E-state index contributed by atoms with van der Waals surface area (Å²) in [4.78, 5) is 55.2. The van der Waals surface area contributed by atoms with Crippen LogP contribution in [-0.2, 0) is 0 Å². The Bertz CT molecular complexity index is 2570. The van der Waals surface area contributed by atoms with Crippen molar-refractivity contribution in [2.24, 2.45) is 0 Å². The molecule has 0 atom stereocenters. The maximum Gasteiger partial charge on any atom is 0.337 e. The van der Waals surface area contributed by atoms with Gasteiger partial charge in [0.25, 0.3) is 0 Å². The number of carboxylic acids is 1. The molecule has 1 aliphatic carbocycles. The summed E-state index contributed by atoms with van der Waals surface area (Å²) in [5, 5.41) is 10.9. The Morgan fingerprint density at radius 1 is 0.700 bits per heavy atom. The van der Waals surface area contributed by atoms with Gasteiger partial charge in [-0.25, -0.2) is 49.7 Å². The lowest BCUT2D eigenvalue weighted by atomic mass is 9.91. The van der Waals surface area contributed by atoms with Gasteiger partial charge < -0.3 is 9.67 Å². The molecule has 1 N–H and O–H groups in total. The minimum absolute atomic E-state index is 0.0838. The Kier molecular flexibility index (Phi) is 7.19. The predicted molar refractivity (Wildman–Crippen MR) is 188 cm³/mol. The van der Waals surface area contributed by atoms with Gasteiger partial charge in [0.1, 0.15) is 23.1 Å². The quantitative estimate of drug-likeness (QED) is 0.190. The van der Waals surface area contributed by atoms with Crippen molar-refractivity contribution >= 4 is 39.3 Å². The molecule has 5 heterocycles. The largest absolute Gasteiger partial charge is 0.478 e. The van der Waals surface area contributed by atoms with Crippen molar-refractivity contribution in [1.29, 1.82) is 0 Å². The standard InChI is InChI=1S/C38H28N10O2/c49-38(50)31-25(22-10-4-1-5-11-22)16-30-33(32(31)26-18-41-35-27(44-26)17-39-21-43-35)46-37(48(30)24-14-8-3-9-15-24)29-20-42-36-28(45-29)19-40-34(47-36)23-12-6-2-7-13-23/h1-2,4-7,10-13,16-21,24H,3,8-9,14-15H2,(H,49,50). The van der Waals surface area contributed by atoms with Gasteiger partial charge in [0.15, 0.2) is 22.9 Å². The molecule has 1 fully saturated rings. The first-order chi connectivity index (χ1) is 24.6. The average molecular weight is 657 g/mol. The van der Waals surface area contributed by atoms with Crippen LogP contribution in [0.15, 0.2) is 97.8 Å². The van der Waals surface area contributed by atoms with E-state index in [-0.39, 0.29) is 11.6 Å². The first-order valence-corrected chi connectivity index (χ1v) is 16.5. The van der Waals surface area contributed by atoms with Crippen molar-refractivity contribution in [2.75, 3.05) is 0 Å². The first kappa shape index (κ1) is 29.6. The van der Waals surface area contributed by atoms with Crippen molar-refractivity contribution in [3.63, 3.8) is 0 Å². The van der Waals surface area contributed by atoms with Gasteiger partial charge in [-0.3, -0.25) is 0 Å². The van der Waals surface area contributed by atoms with Gasteiger partial charge >= 0.3 is 5.97 Å². The zero-order valence-electron chi connectivity index (χ0n) is 26.7. The molecule has 3 aromatic carbocycles. The molecule has 0 saturated heterocycles. The predicted octanol–water partition coefficient (Wildman–Crippen LogP) is 7.37. The van der Waals surface area contributed by atoms with E-state index < -0.39 is 5.97 Å². The summed E-state index contributed by atoms with van der Waals surface area (Å²) >= 11 is 0. The Morgan fingerprint density at radius 3 is 2.18 bits per heavy atom. The monoisotopic (exact) mass is 656 g/mol. The molecule has 0 amide bonds. The number of fused-ring (bicyclic) bond motifs is 3. The molecule has 0 unspecified atom stereocenters. The minimum Gasteiger partial charge on any atom is -0.478 e. The van der Waals surface area contributed by atoms with Gasteiger partial charge in [-0.1, -0.05) is 79.9 Å². The molecule has 12 nitrogen and oxygen atoms in total. The van der Waals surface area contributed by atoms with E-state index in [4.69, 9.17) is 19.9 Å². The minimum atomic E-state index is -1.10. The molecule has 0 aliphatic heterocycles. The van der Waals surface area contributed by atoms with Gasteiger partial charge in [-0.15, -0.1) is 0 Å². The molecule has 9 rings (SSSR count). The van der Waals surface area contributed by atoms with E-state index >= 15 is 0 Å². The Balaban J connectivity index is 1.33. The van der Waals surface area contributed by atoms with Crippen LogP contribution < -0.4 is 0 Å². The number of hydrogen-bond acceptors (Lipinski definition) is 10. The highest BCUT2D eigenvalue weighted by Crippen LogP contribution is 2.43. The van der Waals surface area contributed by atoms with Gasteiger partial charge in [0, 0.05) is 17.2 Å². The Hall–Kier alpha value is -6.56. The second-order valence-electron chi connectivity index (χ2n) is 12.3. The van der Waals surface area contributed by atoms with Gasteiger partial charge in [-0.05, 0) is 30.0 Å². The van der Waals surface area contributed by atoms with E-state index in [9.17, 15) is 9.90 Å². The normalized spacial score (nSPS) is 13.7. The van der Waals surface area contributed by atoms with Crippen LogP contribution in [0.5, 0.6) is 0 Å². The van der Waals surface area contributed by atoms with Gasteiger partial charge in [0.2, 0.25) is 0 Å². The average Bonchev–Trinajstić information content (AvgIpc) is 3.57. The molecule has 1 saturated carbocycles. The SMILES string of the molecule is O=C(O)c1c(-c2ccccc2)cc2c(nc(-c3cnc4nc(-c5ccccc5)ncc4n3)n2C2CCCCC2)c1-c1cnc2ncncc2n1. The van der Waals surface area contributed by atoms with Crippen molar-refractivity contribution in [3.05, 3.63) is 103 Å². The van der Waals surface area contributed by atoms with Crippen molar-refractivity contribution in [3.8, 4) is 45.3 Å². The highest BCUT2D eigenvalue weighted by atomic mass is 16.4. The van der Waals surface area contributed by atoms with Crippen molar-refractivity contribution in [2.45, 2.75) is 38.1 Å². The molecule has 0 radical (unpaired) electrons. The topological polar surface area (TPSA) is 158 Å². The molecule has 0 spiro atoms. The molecule has 50 heavy (non-hydrogen) atoms. The molecular formula is C38H28N10O2. The molecule has 1 aliphatic rings. The summed E-state index contributed by atoms with van der Waals surface area (Å²) in [6.07, 6.45) is 13.1. The number of benzene rings is 3. The van der Waals surface area contributed by atoms with Crippen LogP contribution in [0.3, 0.4) is 0 Å². The van der Waals surface area contributed by atoms with E-state index in [0.29, 0.717) is 62.0 Å². The van der Waals surface area contributed by atoms with Crippen LogP contribution in [0.2, 0.25) is 0 Å². The molecule has 0 bridgehead atoms. The van der Waals surface area contributed by atoms with Crippen LogP contribution in [0, 0.1) is 0 Å². The fourth-order valence-corrected chi connectivity index (χ4v) is 6.99. The number of rotatable bonds is 6. The number of carboxylic acid groups (broad SMARTS) is 1. The third kappa shape index (κ3) is 5.09. The zero-order valence-corrected chi connectivity index (χ0v) is 26.7. The number of aromatic carboxylic acids is 1. The van der Waals surface area contributed by atoms with Crippen LogP contribution >= 0.6 is 0 Å².